The van der Waals surface area contributed by atoms with Gasteiger partial charge in [0.2, 0.25) is 5.91 Å². The molecule has 3 amide bonds. The van der Waals surface area contributed by atoms with Crippen molar-refractivity contribution in [3.05, 3.63) is 63.6 Å². The Morgan fingerprint density at radius 1 is 1.09 bits per heavy atom. The van der Waals surface area contributed by atoms with Crippen LogP contribution in [0.3, 0.4) is 0 Å². The van der Waals surface area contributed by atoms with Crippen molar-refractivity contribution in [1.82, 2.24) is 4.90 Å². The molecule has 3 rings (SSSR count). The van der Waals surface area contributed by atoms with E-state index in [-0.39, 0.29) is 6.54 Å². The van der Waals surface area contributed by atoms with Crippen LogP contribution in [0.1, 0.15) is 26.3 Å². The van der Waals surface area contributed by atoms with Crippen LogP contribution in [0.5, 0.6) is 0 Å². The Morgan fingerprint density at radius 2 is 1.78 bits per heavy atom. The molecular weight excluding hydrogens is 360 g/mol. The average molecular weight is 373 g/mol. The highest BCUT2D eigenvalue weighted by Crippen LogP contribution is 2.26. The Hall–Kier alpha value is -2.47. The molecule has 0 saturated carbocycles. The van der Waals surface area contributed by atoms with E-state index in [4.69, 9.17) is 0 Å². The number of rotatable bonds is 3. The highest BCUT2D eigenvalue weighted by molar-refractivity contribution is 9.10. The topological polar surface area (TPSA) is 66.5 Å². The van der Waals surface area contributed by atoms with Gasteiger partial charge in [0.05, 0.1) is 11.1 Å². The molecule has 0 radical (unpaired) electrons. The summed E-state index contributed by atoms with van der Waals surface area (Å²) in [5, 5.41) is 2.72. The fourth-order valence-electron chi connectivity index (χ4n) is 2.45. The third-order valence-electron chi connectivity index (χ3n) is 3.65. The largest absolute Gasteiger partial charge is 0.324 e. The summed E-state index contributed by atoms with van der Waals surface area (Å²) in [6.07, 6.45) is 0. The predicted octanol–water partition coefficient (Wildman–Crippen LogP) is 2.99. The number of carbonyl (C=O) groups excluding carboxylic acids is 3. The van der Waals surface area contributed by atoms with Gasteiger partial charge >= 0.3 is 0 Å². The molecule has 2 aromatic carbocycles. The van der Waals surface area contributed by atoms with Crippen LogP contribution in [0.4, 0.5) is 5.69 Å². The summed E-state index contributed by atoms with van der Waals surface area (Å²) in [6, 6.07) is 12.2. The van der Waals surface area contributed by atoms with E-state index < -0.39 is 17.7 Å². The van der Waals surface area contributed by atoms with Gasteiger partial charge in [-0.15, -0.1) is 0 Å². The molecule has 0 bridgehead atoms. The van der Waals surface area contributed by atoms with Gasteiger partial charge in [-0.3, -0.25) is 19.3 Å². The van der Waals surface area contributed by atoms with E-state index in [9.17, 15) is 14.4 Å². The lowest BCUT2D eigenvalue weighted by atomic mass is 10.1. The molecule has 1 N–H and O–H groups in total. The Balaban J connectivity index is 1.77. The monoisotopic (exact) mass is 372 g/mol. The summed E-state index contributed by atoms with van der Waals surface area (Å²) in [5.41, 5.74) is 2.21. The molecule has 5 nitrogen and oxygen atoms in total. The van der Waals surface area contributed by atoms with Crippen LogP contribution >= 0.6 is 15.9 Å². The molecule has 1 heterocycles. The summed E-state index contributed by atoms with van der Waals surface area (Å²) in [6.45, 7) is 1.56. The number of nitrogens with zero attached hydrogens (tertiary/aromatic N) is 1. The first-order chi connectivity index (χ1) is 11.0. The summed E-state index contributed by atoms with van der Waals surface area (Å²) in [5.74, 6) is -1.31. The minimum Gasteiger partial charge on any atom is -0.324 e. The summed E-state index contributed by atoms with van der Waals surface area (Å²) in [4.78, 5) is 37.7. The van der Waals surface area contributed by atoms with Gasteiger partial charge in [0.15, 0.2) is 0 Å². The van der Waals surface area contributed by atoms with Gasteiger partial charge < -0.3 is 5.32 Å². The van der Waals surface area contributed by atoms with Crippen molar-refractivity contribution in [2.24, 2.45) is 0 Å². The van der Waals surface area contributed by atoms with E-state index in [0.717, 1.165) is 10.5 Å². The van der Waals surface area contributed by atoms with E-state index in [2.05, 4.69) is 21.2 Å². The van der Waals surface area contributed by atoms with Crippen LogP contribution in [0.2, 0.25) is 0 Å². The van der Waals surface area contributed by atoms with Crippen LogP contribution in [0.15, 0.2) is 46.9 Å². The molecule has 1 aliphatic rings. The summed E-state index contributed by atoms with van der Waals surface area (Å²) < 4.78 is 0.712. The first kappa shape index (κ1) is 15.4. The number of hydrogen-bond acceptors (Lipinski definition) is 3. The lowest BCUT2D eigenvalue weighted by molar-refractivity contribution is -0.116. The number of aryl methyl sites for hydroxylation is 1. The van der Waals surface area contributed by atoms with Crippen molar-refractivity contribution >= 4 is 39.3 Å². The van der Waals surface area contributed by atoms with E-state index in [1.807, 2.05) is 25.1 Å². The third kappa shape index (κ3) is 2.90. The number of anilines is 1. The smallest absolute Gasteiger partial charge is 0.262 e. The second-order valence-corrected chi connectivity index (χ2v) is 6.17. The highest BCUT2D eigenvalue weighted by atomic mass is 79.9. The number of carbonyl (C=O) groups is 3. The van der Waals surface area contributed by atoms with Gasteiger partial charge in [-0.2, -0.15) is 0 Å². The second-order valence-electron chi connectivity index (χ2n) is 5.25. The van der Waals surface area contributed by atoms with E-state index in [1.165, 1.54) is 0 Å². The summed E-state index contributed by atoms with van der Waals surface area (Å²) in [7, 11) is 0. The van der Waals surface area contributed by atoms with Crippen molar-refractivity contribution in [1.29, 1.82) is 0 Å². The van der Waals surface area contributed by atoms with Crippen LogP contribution in [-0.4, -0.2) is 29.2 Å². The quantitative estimate of drug-likeness (QED) is 0.842. The molecule has 6 heteroatoms. The highest BCUT2D eigenvalue weighted by Gasteiger charge is 2.36. The fraction of sp³-hybridized carbons (Fsp3) is 0.118. The molecule has 0 saturated heterocycles. The maximum absolute atomic E-state index is 12.3. The molecule has 0 spiro atoms. The van der Waals surface area contributed by atoms with Crippen LogP contribution in [0, 0.1) is 6.92 Å². The van der Waals surface area contributed by atoms with Gasteiger partial charge in [-0.1, -0.05) is 34.1 Å². The number of hydrogen-bond donors (Lipinski definition) is 1. The summed E-state index contributed by atoms with van der Waals surface area (Å²) >= 11 is 3.27. The Labute approximate surface area is 141 Å². The zero-order valence-electron chi connectivity index (χ0n) is 12.3. The van der Waals surface area contributed by atoms with Crippen LogP contribution in [-0.2, 0) is 4.79 Å². The van der Waals surface area contributed by atoms with Gasteiger partial charge in [0.1, 0.15) is 6.54 Å². The number of benzene rings is 2. The van der Waals surface area contributed by atoms with Gasteiger partial charge in [-0.25, -0.2) is 0 Å². The molecule has 0 atom stereocenters. The number of amides is 3. The zero-order chi connectivity index (χ0) is 16.6. The number of nitrogens with one attached hydrogen (secondary N) is 1. The standard InChI is InChI=1S/C17H13BrN2O3/c1-10-4-2-3-5-14(10)19-15(21)9-20-16(22)12-7-6-11(18)8-13(12)17(20)23/h2-8H,9H2,1H3,(H,19,21). The van der Waals surface area contributed by atoms with Crippen molar-refractivity contribution < 1.29 is 14.4 Å². The van der Waals surface area contributed by atoms with E-state index in [1.54, 1.807) is 24.3 Å². The number of halogens is 1. The first-order valence-electron chi connectivity index (χ1n) is 6.98. The maximum atomic E-state index is 12.3. The molecular formula is C17H13BrN2O3. The van der Waals surface area contributed by atoms with Gasteiger partial charge in [0.25, 0.3) is 11.8 Å². The molecule has 1 aliphatic heterocycles. The van der Waals surface area contributed by atoms with Crippen molar-refractivity contribution in [2.75, 3.05) is 11.9 Å². The molecule has 23 heavy (non-hydrogen) atoms. The predicted molar refractivity (Wildman–Crippen MR) is 89.3 cm³/mol. The van der Waals surface area contributed by atoms with Crippen molar-refractivity contribution in [2.45, 2.75) is 6.92 Å². The minimum atomic E-state index is -0.453. The molecule has 0 fully saturated rings. The van der Waals surface area contributed by atoms with Gasteiger partial charge in [-0.05, 0) is 36.8 Å². The SMILES string of the molecule is Cc1ccccc1NC(=O)CN1C(=O)c2ccc(Br)cc2C1=O. The number of fused-ring (bicyclic) bond motifs is 1. The van der Waals surface area contributed by atoms with Crippen molar-refractivity contribution in [3.8, 4) is 0 Å². The molecule has 0 unspecified atom stereocenters. The lowest BCUT2D eigenvalue weighted by Gasteiger charge is -2.14. The molecule has 2 aromatic rings. The van der Waals surface area contributed by atoms with E-state index in [0.29, 0.717) is 21.3 Å². The van der Waals surface area contributed by atoms with E-state index >= 15 is 0 Å². The zero-order valence-corrected chi connectivity index (χ0v) is 13.9. The third-order valence-corrected chi connectivity index (χ3v) is 4.15. The lowest BCUT2D eigenvalue weighted by Crippen LogP contribution is -2.37. The van der Waals surface area contributed by atoms with Crippen LogP contribution in [0.25, 0.3) is 0 Å². The van der Waals surface area contributed by atoms with Crippen LogP contribution < -0.4 is 5.32 Å². The molecule has 116 valence electrons. The van der Waals surface area contributed by atoms with Crippen molar-refractivity contribution in [3.63, 3.8) is 0 Å². The maximum Gasteiger partial charge on any atom is 0.262 e. The minimum absolute atomic E-state index is 0.307. The second kappa shape index (κ2) is 5.96. The van der Waals surface area contributed by atoms with Gasteiger partial charge in [0, 0.05) is 10.2 Å². The average Bonchev–Trinajstić information content (AvgIpc) is 2.74. The number of para-hydroxylation sites is 1. The number of imide groups is 1. The first-order valence-corrected chi connectivity index (χ1v) is 7.78. The molecule has 0 aromatic heterocycles. The molecule has 0 aliphatic carbocycles. The Morgan fingerprint density at radius 3 is 2.52 bits per heavy atom. The fourth-order valence-corrected chi connectivity index (χ4v) is 2.81. The Kier molecular flexibility index (Phi) is 4.00. The Bertz CT molecular complexity index is 832. The normalized spacial score (nSPS) is 13.2.